The minimum absolute atomic E-state index is 0.203. The Morgan fingerprint density at radius 2 is 0.476 bits per heavy atom. The lowest BCUT2D eigenvalue weighted by molar-refractivity contribution is 0.597. The summed E-state index contributed by atoms with van der Waals surface area (Å²) in [4.78, 5) is 0. The quantitative estimate of drug-likeness (QED) is 0.281. The Morgan fingerprint density at radius 3 is 0.476 bits per heavy atom. The molecule has 0 radical (unpaired) electrons. The first-order chi connectivity index (χ1) is 17.0. The minimum atomic E-state index is -2.51. The molecule has 15 heteroatoms. The van der Waals surface area contributed by atoms with Crippen molar-refractivity contribution in [2.45, 2.75) is 102 Å². The largest absolute Gasteiger partial charge is 0.269 e. The van der Waals surface area contributed by atoms with Crippen molar-refractivity contribution in [2.75, 3.05) is 50.0 Å². The fourth-order valence-corrected chi connectivity index (χ4v) is 5.51. The molecule has 0 aromatic heterocycles. The van der Waals surface area contributed by atoms with Crippen LogP contribution in [0.5, 0.6) is 0 Å². The van der Waals surface area contributed by atoms with E-state index in [2.05, 4.69) is 17.6 Å². The number of nitrogens with one attached hydrogen (secondary N) is 3. The Bertz CT molecular complexity index is 1180. The maximum Gasteiger partial charge on any atom is 0.0541 e. The fraction of sp³-hybridized carbons (Fsp3) is 0.889. The van der Waals surface area contributed by atoms with Crippen molar-refractivity contribution in [3.8, 4) is 0 Å². The monoisotopic (exact) mass is 723 g/mol. The second-order valence-electron chi connectivity index (χ2n) is 15.0. The standard InChI is InChI=1S/C9H20OS.C8H19NOS.2C3H8OS.2C2H7NOS/c1-8(2,3)11(7,10)9(4,5)6;1-7(2,3)11(9,10)8(4,5)6;4*1-5(2,3)4/h7H2,1-6H3;9H,1-6H3;2*1H2,2-3H3;2*3H,1-2H3. The summed E-state index contributed by atoms with van der Waals surface area (Å²) >= 11 is 0. The van der Waals surface area contributed by atoms with Gasteiger partial charge in [0.25, 0.3) is 0 Å². The first-order valence-electron chi connectivity index (χ1n) is 12.6. The summed E-state index contributed by atoms with van der Waals surface area (Å²) < 4.78 is 83.3. The van der Waals surface area contributed by atoms with Crippen LogP contribution in [0, 0.1) is 14.3 Å². The molecular weight excluding hydrogens is 655 g/mol. The van der Waals surface area contributed by atoms with E-state index in [1.807, 2.05) is 83.1 Å². The van der Waals surface area contributed by atoms with Gasteiger partial charge in [-0.05, 0) is 129 Å². The average molecular weight is 724 g/mol. The molecule has 0 spiro atoms. The van der Waals surface area contributed by atoms with Crippen molar-refractivity contribution in [1.29, 1.82) is 14.3 Å². The molecule has 0 amide bonds. The summed E-state index contributed by atoms with van der Waals surface area (Å²) in [5.41, 5.74) is 0. The Kier molecular flexibility index (Phi) is 23.5. The molecular formula is C27H69N3O6S6. The van der Waals surface area contributed by atoms with Crippen LogP contribution in [0.4, 0.5) is 0 Å². The van der Waals surface area contributed by atoms with Crippen LogP contribution >= 0.6 is 0 Å². The van der Waals surface area contributed by atoms with Gasteiger partial charge in [-0.3, -0.25) is 35.4 Å². The second-order valence-corrected chi connectivity index (χ2v) is 33.1. The first-order valence-corrected chi connectivity index (χ1v) is 25.7. The van der Waals surface area contributed by atoms with Gasteiger partial charge < -0.3 is 0 Å². The van der Waals surface area contributed by atoms with Crippen LogP contribution in [0.1, 0.15) is 83.1 Å². The maximum absolute atomic E-state index is 12.1. The zero-order chi connectivity index (χ0) is 37.0. The van der Waals surface area contributed by atoms with Gasteiger partial charge >= 0.3 is 0 Å². The average Bonchev–Trinajstić information content (AvgIpc) is 2.44. The number of rotatable bonds is 0. The van der Waals surface area contributed by atoms with E-state index in [1.165, 1.54) is 25.0 Å². The molecule has 0 aliphatic rings. The molecule has 0 unspecified atom stereocenters. The van der Waals surface area contributed by atoms with Gasteiger partial charge in [0.1, 0.15) is 0 Å². The summed E-state index contributed by atoms with van der Waals surface area (Å²) in [5, 5.41) is 0. The first kappa shape index (κ1) is 54.4. The molecule has 9 nitrogen and oxygen atoms in total. The van der Waals surface area contributed by atoms with Crippen LogP contribution < -0.4 is 0 Å². The lowest BCUT2D eigenvalue weighted by atomic mass is 10.2. The molecule has 0 aliphatic carbocycles. The molecule has 264 valence electrons. The van der Waals surface area contributed by atoms with E-state index in [9.17, 15) is 25.3 Å². The van der Waals surface area contributed by atoms with Crippen LogP contribution in [-0.4, -0.2) is 112 Å². The Hall–Kier alpha value is -0.0900. The zero-order valence-electron chi connectivity index (χ0n) is 30.5. The SMILES string of the molecule is C=S(=O)(C(C)(C)C)C(C)(C)C.C=S(C)(C)=O.C=S(C)(C)=O.CC(C)(C)S(=N)(=O)C(C)(C)C.CS(C)(=N)=O.CS(C)(=N)=O. The van der Waals surface area contributed by atoms with Gasteiger partial charge in [0.2, 0.25) is 0 Å². The van der Waals surface area contributed by atoms with E-state index in [-0.39, 0.29) is 9.49 Å². The molecule has 0 aromatic rings. The summed E-state index contributed by atoms with van der Waals surface area (Å²) in [6.07, 6.45) is 11.9. The molecule has 42 heavy (non-hydrogen) atoms. The van der Waals surface area contributed by atoms with E-state index >= 15 is 0 Å². The van der Waals surface area contributed by atoms with E-state index in [4.69, 9.17) is 14.3 Å². The summed E-state index contributed by atoms with van der Waals surface area (Å²) in [7, 11) is -12.2. The van der Waals surface area contributed by atoms with Gasteiger partial charge in [0.05, 0.1) is 9.73 Å². The lowest BCUT2D eigenvalue weighted by Gasteiger charge is -2.34. The molecule has 0 heterocycles. The van der Waals surface area contributed by atoms with Crippen molar-refractivity contribution in [1.82, 2.24) is 0 Å². The molecule has 0 rings (SSSR count). The van der Waals surface area contributed by atoms with Crippen LogP contribution in [-0.2, 0) is 57.8 Å². The van der Waals surface area contributed by atoms with E-state index < -0.39 is 67.2 Å². The van der Waals surface area contributed by atoms with Crippen LogP contribution in [0.15, 0.2) is 0 Å². The highest BCUT2D eigenvalue weighted by Gasteiger charge is 2.36. The normalized spacial score (nSPS) is 13.4. The summed E-state index contributed by atoms with van der Waals surface area (Å²) in [5.74, 6) is 10.4. The highest BCUT2D eigenvalue weighted by Crippen LogP contribution is 2.29. The lowest BCUT2D eigenvalue weighted by Crippen LogP contribution is -2.41. The van der Waals surface area contributed by atoms with Gasteiger partial charge in [-0.2, -0.15) is 0 Å². The smallest absolute Gasteiger partial charge is 0.0541 e. The molecule has 0 fully saturated rings. The Balaban J connectivity index is -0.0000000970. The summed E-state index contributed by atoms with van der Waals surface area (Å²) in [6, 6.07) is 0. The van der Waals surface area contributed by atoms with E-state index in [0.717, 1.165) is 0 Å². The summed E-state index contributed by atoms with van der Waals surface area (Å²) in [6.45, 7) is 23.0. The van der Waals surface area contributed by atoms with Crippen LogP contribution in [0.3, 0.4) is 0 Å². The van der Waals surface area contributed by atoms with Crippen LogP contribution in [0.2, 0.25) is 0 Å². The highest BCUT2D eigenvalue weighted by atomic mass is 32.2. The van der Waals surface area contributed by atoms with Crippen LogP contribution in [0.25, 0.3) is 0 Å². The maximum atomic E-state index is 12.1. The second kappa shape index (κ2) is 18.2. The molecule has 3 N–H and O–H groups in total. The minimum Gasteiger partial charge on any atom is -0.269 e. The van der Waals surface area contributed by atoms with Gasteiger partial charge in [0, 0.05) is 88.5 Å². The number of hydrogen-bond donors (Lipinski definition) is 3. The third-order valence-corrected chi connectivity index (χ3v) is 11.1. The topological polar surface area (TPSA) is 174 Å². The molecule has 0 saturated carbocycles. The van der Waals surface area contributed by atoms with Crippen molar-refractivity contribution in [3.63, 3.8) is 0 Å². The van der Waals surface area contributed by atoms with E-state index in [1.54, 1.807) is 25.0 Å². The van der Waals surface area contributed by atoms with Crippen molar-refractivity contribution in [2.24, 2.45) is 0 Å². The van der Waals surface area contributed by atoms with Gasteiger partial charge in [-0.25, -0.2) is 4.21 Å². The predicted molar refractivity (Wildman–Crippen MR) is 205 cm³/mol. The van der Waals surface area contributed by atoms with Gasteiger partial charge in [-0.1, -0.05) is 0 Å². The Labute approximate surface area is 265 Å². The van der Waals surface area contributed by atoms with Crippen molar-refractivity contribution < 1.29 is 25.3 Å². The highest BCUT2D eigenvalue weighted by molar-refractivity contribution is 8.02. The zero-order valence-corrected chi connectivity index (χ0v) is 35.4. The van der Waals surface area contributed by atoms with Crippen molar-refractivity contribution >= 4 is 75.4 Å². The number of hydrogen-bond acceptors (Lipinski definition) is 9. The van der Waals surface area contributed by atoms with Gasteiger partial charge in [0.15, 0.2) is 0 Å². The molecule has 0 atom stereocenters. The van der Waals surface area contributed by atoms with Crippen molar-refractivity contribution in [3.05, 3.63) is 0 Å². The third kappa shape index (κ3) is 46.9. The molecule has 0 bridgehead atoms. The fourth-order valence-electron chi connectivity index (χ4n) is 1.84. The Morgan fingerprint density at radius 1 is 0.381 bits per heavy atom. The predicted octanol–water partition coefficient (Wildman–Crippen LogP) is 5.44. The molecule has 0 aliphatic heterocycles. The van der Waals surface area contributed by atoms with Gasteiger partial charge in [-0.15, -0.1) is 0 Å². The molecule has 0 aromatic carbocycles. The third-order valence-electron chi connectivity index (χ3n) is 3.70. The molecule has 0 saturated heterocycles. The van der Waals surface area contributed by atoms with E-state index in [0.29, 0.717) is 0 Å².